The highest BCUT2D eigenvalue weighted by Gasteiger charge is 2.25. The lowest BCUT2D eigenvalue weighted by Gasteiger charge is -2.13. The molecule has 0 atom stereocenters. The quantitative estimate of drug-likeness (QED) is 0.774. The van der Waals surface area contributed by atoms with E-state index >= 15 is 0 Å². The number of para-hydroxylation sites is 1. The first-order chi connectivity index (χ1) is 10.7. The molecule has 1 aromatic carbocycles. The van der Waals surface area contributed by atoms with Crippen LogP contribution in [-0.4, -0.2) is 34.3 Å². The predicted molar refractivity (Wildman–Crippen MR) is 87.7 cm³/mol. The van der Waals surface area contributed by atoms with E-state index < -0.39 is 0 Å². The third-order valence-electron chi connectivity index (χ3n) is 3.85. The molecule has 1 aliphatic carbocycles. The van der Waals surface area contributed by atoms with E-state index in [1.54, 1.807) is 0 Å². The average molecular weight is 294 g/mol. The molecule has 1 saturated carbocycles. The number of hydrogen-bond donors (Lipinski definition) is 2. The van der Waals surface area contributed by atoms with Crippen LogP contribution < -0.4 is 10.2 Å². The van der Waals surface area contributed by atoms with Gasteiger partial charge in [0.15, 0.2) is 5.82 Å². The van der Waals surface area contributed by atoms with Gasteiger partial charge in [-0.15, -0.1) is 0 Å². The van der Waals surface area contributed by atoms with E-state index in [0.717, 1.165) is 22.5 Å². The van der Waals surface area contributed by atoms with Crippen molar-refractivity contribution < 1.29 is 0 Å². The van der Waals surface area contributed by atoms with Crippen LogP contribution in [0.1, 0.15) is 24.5 Å². The normalized spacial score (nSPS) is 14.3. The van der Waals surface area contributed by atoms with E-state index in [1.165, 1.54) is 18.5 Å². The lowest BCUT2D eigenvalue weighted by molar-refractivity contribution is 0.966. The van der Waals surface area contributed by atoms with Crippen LogP contribution in [0.4, 0.5) is 17.6 Å². The molecule has 0 unspecified atom stereocenters. The number of aromatic nitrogens is 4. The molecule has 6 heteroatoms. The molecule has 1 aliphatic rings. The Labute approximate surface area is 128 Å². The lowest BCUT2D eigenvalue weighted by Crippen LogP contribution is -2.13. The zero-order valence-corrected chi connectivity index (χ0v) is 12.7. The summed E-state index contributed by atoms with van der Waals surface area (Å²) in [6, 6.07) is 10.1. The van der Waals surface area contributed by atoms with Crippen LogP contribution in [-0.2, 0) is 0 Å². The Morgan fingerprint density at radius 2 is 2.00 bits per heavy atom. The molecule has 0 spiro atoms. The van der Waals surface area contributed by atoms with E-state index in [1.807, 2.05) is 43.3 Å². The molecule has 0 radical (unpaired) electrons. The molecule has 6 nitrogen and oxygen atoms in total. The maximum Gasteiger partial charge on any atom is 0.227 e. The standard InChI is InChI=1S/C16H18N6/c1-22(2)16-17-12-6-4-3-5-11(12)15(19-16)18-14-9-13(20-21-14)10-7-8-10/h3-6,9-10H,7-8H2,1-2H3,(H2,17,18,19,20,21). The monoisotopic (exact) mass is 294 g/mol. The van der Waals surface area contributed by atoms with Gasteiger partial charge in [0.1, 0.15) is 5.82 Å². The van der Waals surface area contributed by atoms with E-state index in [2.05, 4.69) is 31.5 Å². The fourth-order valence-corrected chi connectivity index (χ4v) is 2.49. The molecule has 22 heavy (non-hydrogen) atoms. The van der Waals surface area contributed by atoms with Gasteiger partial charge in [-0.2, -0.15) is 10.1 Å². The highest BCUT2D eigenvalue weighted by Crippen LogP contribution is 2.39. The topological polar surface area (TPSA) is 69.7 Å². The molecule has 0 saturated heterocycles. The van der Waals surface area contributed by atoms with Gasteiger partial charge in [-0.05, 0) is 25.0 Å². The minimum atomic E-state index is 0.655. The van der Waals surface area contributed by atoms with E-state index in [9.17, 15) is 0 Å². The fourth-order valence-electron chi connectivity index (χ4n) is 2.49. The minimum Gasteiger partial charge on any atom is -0.347 e. The third-order valence-corrected chi connectivity index (χ3v) is 3.85. The van der Waals surface area contributed by atoms with Crippen molar-refractivity contribution in [3.63, 3.8) is 0 Å². The number of fused-ring (bicyclic) bond motifs is 1. The first-order valence-electron chi connectivity index (χ1n) is 7.47. The first-order valence-corrected chi connectivity index (χ1v) is 7.47. The summed E-state index contributed by atoms with van der Waals surface area (Å²) in [6.07, 6.45) is 2.51. The molecule has 0 amide bonds. The van der Waals surface area contributed by atoms with Gasteiger partial charge in [0, 0.05) is 37.2 Å². The number of rotatable bonds is 4. The summed E-state index contributed by atoms with van der Waals surface area (Å²) in [5.41, 5.74) is 2.12. The molecule has 1 fully saturated rings. The van der Waals surface area contributed by atoms with Crippen LogP contribution in [0.3, 0.4) is 0 Å². The Hall–Kier alpha value is -2.63. The molecule has 2 aromatic heterocycles. The Kier molecular flexibility index (Phi) is 2.96. The molecular formula is C16H18N6. The molecule has 2 N–H and O–H groups in total. The molecule has 3 aromatic rings. The Balaban J connectivity index is 1.74. The maximum atomic E-state index is 4.62. The van der Waals surface area contributed by atoms with E-state index in [4.69, 9.17) is 0 Å². The lowest BCUT2D eigenvalue weighted by atomic mass is 10.2. The number of hydrogen-bond acceptors (Lipinski definition) is 5. The molecule has 112 valence electrons. The van der Waals surface area contributed by atoms with Crippen LogP contribution in [0, 0.1) is 0 Å². The van der Waals surface area contributed by atoms with Crippen LogP contribution in [0.5, 0.6) is 0 Å². The second kappa shape index (κ2) is 4.98. The third kappa shape index (κ3) is 2.36. The zero-order valence-electron chi connectivity index (χ0n) is 12.7. The summed E-state index contributed by atoms with van der Waals surface area (Å²) in [7, 11) is 3.88. The van der Waals surface area contributed by atoms with Crippen molar-refractivity contribution in [2.75, 3.05) is 24.3 Å². The highest BCUT2D eigenvalue weighted by molar-refractivity contribution is 5.91. The van der Waals surface area contributed by atoms with E-state index in [0.29, 0.717) is 11.9 Å². The Morgan fingerprint density at radius 1 is 1.18 bits per heavy atom. The number of aromatic amines is 1. The van der Waals surface area contributed by atoms with Crippen LogP contribution in [0.15, 0.2) is 30.3 Å². The van der Waals surface area contributed by atoms with Crippen molar-refractivity contribution in [3.8, 4) is 0 Å². The van der Waals surface area contributed by atoms with Crippen molar-refractivity contribution in [2.45, 2.75) is 18.8 Å². The molecule has 0 aliphatic heterocycles. The summed E-state index contributed by atoms with van der Waals surface area (Å²) in [5, 5.41) is 11.8. The van der Waals surface area contributed by atoms with Gasteiger partial charge in [0.25, 0.3) is 0 Å². The largest absolute Gasteiger partial charge is 0.347 e. The van der Waals surface area contributed by atoms with Crippen molar-refractivity contribution in [3.05, 3.63) is 36.0 Å². The van der Waals surface area contributed by atoms with E-state index in [-0.39, 0.29) is 0 Å². The molecule has 2 heterocycles. The fraction of sp³-hybridized carbons (Fsp3) is 0.312. The number of H-pyrrole nitrogens is 1. The minimum absolute atomic E-state index is 0.655. The molecular weight excluding hydrogens is 276 g/mol. The van der Waals surface area contributed by atoms with Gasteiger partial charge < -0.3 is 10.2 Å². The van der Waals surface area contributed by atoms with Crippen molar-refractivity contribution >= 4 is 28.5 Å². The summed E-state index contributed by atoms with van der Waals surface area (Å²) in [6.45, 7) is 0. The Bertz CT molecular complexity index is 818. The van der Waals surface area contributed by atoms with Gasteiger partial charge in [-0.1, -0.05) is 12.1 Å². The average Bonchev–Trinajstić information content (AvgIpc) is 3.27. The van der Waals surface area contributed by atoms with Gasteiger partial charge >= 0.3 is 0 Å². The summed E-state index contributed by atoms with van der Waals surface area (Å²) in [5.74, 6) is 2.92. The zero-order chi connectivity index (χ0) is 15.1. The van der Waals surface area contributed by atoms with Crippen molar-refractivity contribution in [1.29, 1.82) is 0 Å². The predicted octanol–water partition coefficient (Wildman–Crippen LogP) is 3.04. The smallest absolute Gasteiger partial charge is 0.227 e. The molecule has 4 rings (SSSR count). The number of nitrogens with one attached hydrogen (secondary N) is 2. The van der Waals surface area contributed by atoms with Crippen molar-refractivity contribution in [2.24, 2.45) is 0 Å². The van der Waals surface area contributed by atoms with Crippen LogP contribution in [0.2, 0.25) is 0 Å². The molecule has 0 bridgehead atoms. The number of nitrogens with zero attached hydrogens (tertiary/aromatic N) is 4. The van der Waals surface area contributed by atoms with Gasteiger partial charge in [0.2, 0.25) is 5.95 Å². The Morgan fingerprint density at radius 3 is 2.77 bits per heavy atom. The summed E-state index contributed by atoms with van der Waals surface area (Å²) < 4.78 is 0. The van der Waals surface area contributed by atoms with Gasteiger partial charge in [-0.3, -0.25) is 5.10 Å². The number of anilines is 3. The maximum absolute atomic E-state index is 4.62. The van der Waals surface area contributed by atoms with Crippen LogP contribution >= 0.6 is 0 Å². The van der Waals surface area contributed by atoms with Crippen molar-refractivity contribution in [1.82, 2.24) is 20.2 Å². The summed E-state index contributed by atoms with van der Waals surface area (Å²) in [4.78, 5) is 11.1. The second-order valence-corrected chi connectivity index (χ2v) is 5.89. The number of benzene rings is 1. The summed E-state index contributed by atoms with van der Waals surface area (Å²) >= 11 is 0. The SMILES string of the molecule is CN(C)c1nc(Nc2cc(C3CC3)[nH]n2)c2ccccc2n1. The highest BCUT2D eigenvalue weighted by atomic mass is 15.3. The first kappa shape index (κ1) is 13.1. The van der Waals surface area contributed by atoms with Gasteiger partial charge in [0.05, 0.1) is 5.52 Å². The second-order valence-electron chi connectivity index (χ2n) is 5.89. The van der Waals surface area contributed by atoms with Crippen LogP contribution in [0.25, 0.3) is 10.9 Å². The van der Waals surface area contributed by atoms with Gasteiger partial charge in [-0.25, -0.2) is 4.98 Å².